The van der Waals surface area contributed by atoms with Gasteiger partial charge in [-0.05, 0) is 94.1 Å². The summed E-state index contributed by atoms with van der Waals surface area (Å²) in [4.78, 5) is 29.3. The van der Waals surface area contributed by atoms with E-state index in [0.29, 0.717) is 11.4 Å². The first-order valence-corrected chi connectivity index (χ1v) is 13.7. The van der Waals surface area contributed by atoms with E-state index in [0.717, 1.165) is 62.0 Å². The lowest BCUT2D eigenvalue weighted by molar-refractivity contribution is -0.117. The van der Waals surface area contributed by atoms with Crippen LogP contribution < -0.4 is 25.7 Å². The molecule has 9 heteroatoms. The fraction of sp³-hybridized carbons (Fsp3) is 0.400. The number of amides is 2. The van der Waals surface area contributed by atoms with Crippen molar-refractivity contribution < 1.29 is 18.7 Å². The number of carbonyl (C=O) groups is 2. The Kier molecular flexibility index (Phi) is 7.99. The molecule has 0 aromatic heterocycles. The van der Waals surface area contributed by atoms with Gasteiger partial charge >= 0.3 is 6.09 Å². The molecule has 0 radical (unpaired) electrons. The number of carbonyl (C=O) groups excluding carboxylic acids is 2. The highest BCUT2D eigenvalue weighted by Gasteiger charge is 2.35. The van der Waals surface area contributed by atoms with Crippen LogP contribution >= 0.6 is 0 Å². The van der Waals surface area contributed by atoms with E-state index < -0.39 is 11.9 Å². The smallest absolute Gasteiger partial charge is 0.410 e. The maximum atomic E-state index is 13.4. The molecule has 2 aromatic carbocycles. The summed E-state index contributed by atoms with van der Waals surface area (Å²) >= 11 is 0. The molecule has 2 heterocycles. The Labute approximate surface area is 228 Å². The first-order chi connectivity index (χ1) is 18.8. The van der Waals surface area contributed by atoms with Crippen LogP contribution in [0.25, 0.3) is 5.57 Å². The third kappa shape index (κ3) is 5.69. The fourth-order valence-electron chi connectivity index (χ4n) is 5.76. The van der Waals surface area contributed by atoms with Crippen LogP contribution in [0, 0.1) is 5.82 Å². The standard InChI is InChI=1S/C30H36FN5O3/c1-20-19-34(30(38)39-25-11-9-23(31)10-12-25)29-18-22(8-13-28(29)35(20)21(2)37)26-6-4-3-5-7-27(26)36(32)24-14-16-33-17-15-24/h4,6,8-13,18,20,24,33H,3,5,7,14-17,19,32H2,1-2H3/t20-/m0/s1. The number of halogens is 1. The highest BCUT2D eigenvalue weighted by Crippen LogP contribution is 2.40. The molecule has 206 valence electrons. The van der Waals surface area contributed by atoms with Crippen LogP contribution in [0.2, 0.25) is 0 Å². The summed E-state index contributed by atoms with van der Waals surface area (Å²) in [5.41, 5.74) is 4.26. The van der Waals surface area contributed by atoms with Gasteiger partial charge in [-0.25, -0.2) is 15.0 Å². The minimum absolute atomic E-state index is 0.101. The van der Waals surface area contributed by atoms with Crippen molar-refractivity contribution in [3.63, 3.8) is 0 Å². The number of rotatable bonds is 4. The topological polar surface area (TPSA) is 91.1 Å². The summed E-state index contributed by atoms with van der Waals surface area (Å²) in [5, 5.41) is 5.36. The highest BCUT2D eigenvalue weighted by molar-refractivity contribution is 6.03. The summed E-state index contributed by atoms with van der Waals surface area (Å²) in [6.45, 7) is 5.58. The lowest BCUT2D eigenvalue weighted by Crippen LogP contribution is -2.52. The molecule has 0 unspecified atom stereocenters. The molecule has 2 aliphatic heterocycles. The van der Waals surface area contributed by atoms with Crippen molar-refractivity contribution in [1.82, 2.24) is 10.3 Å². The Morgan fingerprint density at radius 3 is 2.56 bits per heavy atom. The number of allylic oxidation sites excluding steroid dienone is 4. The number of nitrogens with zero attached hydrogens (tertiary/aromatic N) is 3. The second-order valence-electron chi connectivity index (χ2n) is 10.4. The van der Waals surface area contributed by atoms with E-state index in [9.17, 15) is 14.0 Å². The number of nitrogens with two attached hydrogens (primary N) is 1. The van der Waals surface area contributed by atoms with Gasteiger partial charge in [0.15, 0.2) is 0 Å². The zero-order valence-corrected chi connectivity index (χ0v) is 22.5. The minimum Gasteiger partial charge on any atom is -0.410 e. The summed E-state index contributed by atoms with van der Waals surface area (Å²) in [6, 6.07) is 11.2. The normalized spacial score (nSPS) is 19.9. The van der Waals surface area contributed by atoms with Crippen LogP contribution in [0.3, 0.4) is 0 Å². The molecular formula is C30H36FN5O3. The largest absolute Gasteiger partial charge is 0.419 e. The molecule has 5 rings (SSSR count). The second-order valence-corrected chi connectivity index (χ2v) is 10.4. The van der Waals surface area contributed by atoms with Crippen LogP contribution in [-0.2, 0) is 4.79 Å². The number of piperidine rings is 1. The number of hydrazine groups is 1. The Hall–Kier alpha value is -3.69. The lowest BCUT2D eigenvalue weighted by atomic mass is 9.97. The zero-order valence-electron chi connectivity index (χ0n) is 22.5. The van der Waals surface area contributed by atoms with Crippen molar-refractivity contribution in [3.05, 3.63) is 71.7 Å². The molecule has 1 atom stereocenters. The van der Waals surface area contributed by atoms with E-state index in [1.54, 1.807) is 9.80 Å². The molecular weight excluding hydrogens is 497 g/mol. The number of nitrogens with one attached hydrogen (secondary N) is 1. The molecule has 2 aromatic rings. The van der Waals surface area contributed by atoms with Crippen LogP contribution in [0.4, 0.5) is 20.6 Å². The van der Waals surface area contributed by atoms with Gasteiger partial charge in [0.2, 0.25) is 5.91 Å². The third-order valence-corrected chi connectivity index (χ3v) is 7.70. The van der Waals surface area contributed by atoms with E-state index >= 15 is 0 Å². The number of ether oxygens (including phenoxy) is 1. The minimum atomic E-state index is -0.587. The van der Waals surface area contributed by atoms with Gasteiger partial charge < -0.3 is 20.0 Å². The van der Waals surface area contributed by atoms with Crippen molar-refractivity contribution in [1.29, 1.82) is 0 Å². The number of benzene rings is 2. The van der Waals surface area contributed by atoms with Gasteiger partial charge in [-0.2, -0.15) is 0 Å². The Bertz CT molecular complexity index is 1290. The molecule has 39 heavy (non-hydrogen) atoms. The average Bonchev–Trinajstić information content (AvgIpc) is 3.19. The Morgan fingerprint density at radius 1 is 1.10 bits per heavy atom. The summed E-state index contributed by atoms with van der Waals surface area (Å²) < 4.78 is 19.0. The van der Waals surface area contributed by atoms with Crippen molar-refractivity contribution >= 4 is 28.9 Å². The quantitative estimate of drug-likeness (QED) is 0.426. The zero-order chi connectivity index (χ0) is 27.5. The van der Waals surface area contributed by atoms with Gasteiger partial charge in [-0.15, -0.1) is 0 Å². The van der Waals surface area contributed by atoms with Gasteiger partial charge in [0.25, 0.3) is 0 Å². The number of anilines is 2. The molecule has 8 nitrogen and oxygen atoms in total. The van der Waals surface area contributed by atoms with Gasteiger partial charge in [0.1, 0.15) is 11.6 Å². The van der Waals surface area contributed by atoms with Gasteiger partial charge in [-0.1, -0.05) is 18.2 Å². The molecule has 0 bridgehead atoms. The van der Waals surface area contributed by atoms with E-state index in [-0.39, 0.29) is 30.3 Å². The van der Waals surface area contributed by atoms with Crippen molar-refractivity contribution in [2.45, 2.75) is 58.0 Å². The highest BCUT2D eigenvalue weighted by atomic mass is 19.1. The maximum Gasteiger partial charge on any atom is 0.419 e. The average molecular weight is 534 g/mol. The SMILES string of the molecule is CC(=O)N1c2ccc(C3=C(N(N)C4CCNCC4)CCCC=C3)cc2N(C(=O)Oc2ccc(F)cc2)C[C@@H]1C. The number of hydrogen-bond acceptors (Lipinski definition) is 6. The first kappa shape index (κ1) is 26.9. The van der Waals surface area contributed by atoms with E-state index in [4.69, 9.17) is 10.6 Å². The summed E-state index contributed by atoms with van der Waals surface area (Å²) in [7, 11) is 0. The van der Waals surface area contributed by atoms with Gasteiger partial charge in [0.05, 0.1) is 17.4 Å². The molecule has 0 spiro atoms. The summed E-state index contributed by atoms with van der Waals surface area (Å²) in [5.74, 6) is 6.50. The van der Waals surface area contributed by atoms with Crippen molar-refractivity contribution in [3.8, 4) is 5.75 Å². The van der Waals surface area contributed by atoms with Crippen molar-refractivity contribution in [2.75, 3.05) is 29.4 Å². The Balaban J connectivity index is 1.56. The van der Waals surface area contributed by atoms with E-state index in [1.165, 1.54) is 31.2 Å². The maximum absolute atomic E-state index is 13.4. The van der Waals surface area contributed by atoms with Crippen LogP contribution in [0.1, 0.15) is 51.5 Å². The molecule has 3 aliphatic rings. The third-order valence-electron chi connectivity index (χ3n) is 7.70. The Morgan fingerprint density at radius 2 is 1.85 bits per heavy atom. The monoisotopic (exact) mass is 533 g/mol. The van der Waals surface area contributed by atoms with Crippen molar-refractivity contribution in [2.24, 2.45) is 5.84 Å². The molecule has 1 saturated heterocycles. The fourth-order valence-corrected chi connectivity index (χ4v) is 5.76. The lowest BCUT2D eigenvalue weighted by Gasteiger charge is -2.40. The molecule has 2 amide bonds. The summed E-state index contributed by atoms with van der Waals surface area (Å²) in [6.07, 6.45) is 8.49. The van der Waals surface area contributed by atoms with Crippen LogP contribution in [-0.4, -0.2) is 48.7 Å². The predicted molar refractivity (Wildman–Crippen MR) is 151 cm³/mol. The first-order valence-electron chi connectivity index (χ1n) is 13.7. The van der Waals surface area contributed by atoms with Crippen LogP contribution in [0.5, 0.6) is 5.75 Å². The molecule has 1 aliphatic carbocycles. The predicted octanol–water partition coefficient (Wildman–Crippen LogP) is 4.97. The van der Waals surface area contributed by atoms with Gasteiger partial charge in [0, 0.05) is 30.8 Å². The molecule has 3 N–H and O–H groups in total. The van der Waals surface area contributed by atoms with Gasteiger partial charge in [-0.3, -0.25) is 9.69 Å². The molecule has 1 fully saturated rings. The number of hydrogen-bond donors (Lipinski definition) is 2. The second kappa shape index (κ2) is 11.6. The van der Waals surface area contributed by atoms with Crippen LogP contribution in [0.15, 0.2) is 60.3 Å². The number of fused-ring (bicyclic) bond motifs is 1. The molecule has 0 saturated carbocycles. The van der Waals surface area contributed by atoms with E-state index in [1.807, 2.05) is 30.1 Å². The van der Waals surface area contributed by atoms with E-state index in [2.05, 4.69) is 17.5 Å².